The van der Waals surface area contributed by atoms with Crippen molar-refractivity contribution in [3.05, 3.63) is 27.7 Å². The van der Waals surface area contributed by atoms with Crippen LogP contribution < -0.4 is 4.74 Å². The molecule has 4 heteroatoms. The smallest absolute Gasteiger partial charge is 0.229 e. The summed E-state index contributed by atoms with van der Waals surface area (Å²) in [6.07, 6.45) is 0.960. The lowest BCUT2D eigenvalue weighted by molar-refractivity contribution is -0.115. The molecule has 0 spiro atoms. The van der Waals surface area contributed by atoms with Crippen LogP contribution >= 0.6 is 15.9 Å². The molecular weight excluding hydrogens is 284 g/mol. The van der Waals surface area contributed by atoms with Crippen LogP contribution in [-0.2, 0) is 4.79 Å². The SMILES string of the molecule is CCCC(=O)C(=O)c1cc(Br)cc(OC)c1C. The van der Waals surface area contributed by atoms with E-state index in [2.05, 4.69) is 15.9 Å². The largest absolute Gasteiger partial charge is 0.496 e. The third-order valence-electron chi connectivity index (χ3n) is 2.52. The minimum absolute atomic E-state index is 0.285. The van der Waals surface area contributed by atoms with Crippen molar-refractivity contribution < 1.29 is 14.3 Å². The number of hydrogen-bond donors (Lipinski definition) is 0. The van der Waals surface area contributed by atoms with Gasteiger partial charge in [0.15, 0.2) is 0 Å². The molecule has 0 aliphatic carbocycles. The second kappa shape index (κ2) is 5.96. The first-order valence-corrected chi connectivity index (χ1v) is 6.22. The van der Waals surface area contributed by atoms with Crippen LogP contribution in [0, 0.1) is 6.92 Å². The Morgan fingerprint density at radius 2 is 2.00 bits per heavy atom. The predicted octanol–water partition coefficient (Wildman–Crippen LogP) is 3.32. The summed E-state index contributed by atoms with van der Waals surface area (Å²) >= 11 is 3.30. The Labute approximate surface area is 109 Å². The standard InChI is InChI=1S/C13H15BrO3/c1-4-5-11(15)13(16)10-6-9(14)7-12(17-3)8(10)2/h6-7H,4-5H2,1-3H3. The van der Waals surface area contributed by atoms with Crippen LogP contribution in [0.5, 0.6) is 5.75 Å². The molecule has 0 amide bonds. The Kier molecular flexibility index (Phi) is 4.87. The molecule has 0 aliphatic rings. The molecule has 0 aliphatic heterocycles. The van der Waals surface area contributed by atoms with E-state index in [-0.39, 0.29) is 12.2 Å². The molecule has 0 radical (unpaired) electrons. The van der Waals surface area contributed by atoms with Crippen molar-refractivity contribution in [1.82, 2.24) is 0 Å². The summed E-state index contributed by atoms with van der Waals surface area (Å²) in [5, 5.41) is 0. The first kappa shape index (κ1) is 13.9. The summed E-state index contributed by atoms with van der Waals surface area (Å²) in [7, 11) is 1.54. The maximum absolute atomic E-state index is 11.9. The van der Waals surface area contributed by atoms with Gasteiger partial charge in [0.25, 0.3) is 0 Å². The number of halogens is 1. The fourth-order valence-electron chi connectivity index (χ4n) is 1.59. The van der Waals surface area contributed by atoms with E-state index in [1.54, 1.807) is 19.1 Å². The van der Waals surface area contributed by atoms with Crippen molar-refractivity contribution in [2.75, 3.05) is 7.11 Å². The van der Waals surface area contributed by atoms with E-state index < -0.39 is 5.78 Å². The van der Waals surface area contributed by atoms with Crippen LogP contribution in [0.1, 0.15) is 35.7 Å². The molecule has 1 aromatic rings. The van der Waals surface area contributed by atoms with Crippen LogP contribution in [0.3, 0.4) is 0 Å². The van der Waals surface area contributed by atoms with E-state index >= 15 is 0 Å². The van der Waals surface area contributed by atoms with Gasteiger partial charge in [0, 0.05) is 22.0 Å². The molecule has 1 rings (SSSR count). The maximum Gasteiger partial charge on any atom is 0.229 e. The molecular formula is C13H15BrO3. The second-order valence-electron chi connectivity index (χ2n) is 3.78. The van der Waals surface area contributed by atoms with Crippen molar-refractivity contribution in [3.63, 3.8) is 0 Å². The fourth-order valence-corrected chi connectivity index (χ4v) is 2.03. The van der Waals surface area contributed by atoms with Crippen molar-refractivity contribution in [1.29, 1.82) is 0 Å². The highest BCUT2D eigenvalue weighted by atomic mass is 79.9. The van der Waals surface area contributed by atoms with Gasteiger partial charge >= 0.3 is 0 Å². The number of ether oxygens (including phenoxy) is 1. The lowest BCUT2D eigenvalue weighted by Crippen LogP contribution is -2.15. The van der Waals surface area contributed by atoms with Crippen LogP contribution in [-0.4, -0.2) is 18.7 Å². The maximum atomic E-state index is 11.9. The average Bonchev–Trinajstić information content (AvgIpc) is 2.31. The van der Waals surface area contributed by atoms with Gasteiger partial charge in [-0.15, -0.1) is 0 Å². The van der Waals surface area contributed by atoms with Crippen LogP contribution in [0.2, 0.25) is 0 Å². The Morgan fingerprint density at radius 1 is 1.35 bits per heavy atom. The minimum Gasteiger partial charge on any atom is -0.496 e. The Morgan fingerprint density at radius 3 is 2.53 bits per heavy atom. The molecule has 0 atom stereocenters. The molecule has 17 heavy (non-hydrogen) atoms. The lowest BCUT2D eigenvalue weighted by Gasteiger charge is -2.10. The highest BCUT2D eigenvalue weighted by Gasteiger charge is 2.19. The van der Waals surface area contributed by atoms with Gasteiger partial charge < -0.3 is 4.74 Å². The molecule has 0 unspecified atom stereocenters. The second-order valence-corrected chi connectivity index (χ2v) is 4.70. The number of benzene rings is 1. The molecule has 0 N–H and O–H groups in total. The van der Waals surface area contributed by atoms with E-state index in [9.17, 15) is 9.59 Å². The lowest BCUT2D eigenvalue weighted by atomic mass is 9.99. The Hall–Kier alpha value is -1.16. The molecule has 92 valence electrons. The van der Waals surface area contributed by atoms with E-state index in [1.165, 1.54) is 7.11 Å². The number of hydrogen-bond acceptors (Lipinski definition) is 3. The molecule has 1 aromatic carbocycles. The van der Waals surface area contributed by atoms with Gasteiger partial charge in [-0.25, -0.2) is 0 Å². The number of Topliss-reactive ketones (excluding diaryl/α,β-unsaturated/α-hetero) is 2. The fraction of sp³-hybridized carbons (Fsp3) is 0.385. The summed E-state index contributed by atoms with van der Waals surface area (Å²) in [5.41, 5.74) is 1.11. The van der Waals surface area contributed by atoms with E-state index in [1.807, 2.05) is 6.92 Å². The highest BCUT2D eigenvalue weighted by molar-refractivity contribution is 9.10. The highest BCUT2D eigenvalue weighted by Crippen LogP contribution is 2.27. The normalized spacial score (nSPS) is 10.1. The van der Waals surface area contributed by atoms with Crippen LogP contribution in [0.25, 0.3) is 0 Å². The van der Waals surface area contributed by atoms with E-state index in [0.29, 0.717) is 23.3 Å². The van der Waals surface area contributed by atoms with E-state index in [4.69, 9.17) is 4.74 Å². The van der Waals surface area contributed by atoms with Gasteiger partial charge in [-0.05, 0) is 25.5 Å². The van der Waals surface area contributed by atoms with Crippen LogP contribution in [0.15, 0.2) is 16.6 Å². The number of ketones is 2. The van der Waals surface area contributed by atoms with E-state index in [0.717, 1.165) is 4.47 Å². The third-order valence-corrected chi connectivity index (χ3v) is 2.98. The summed E-state index contributed by atoms with van der Waals surface area (Å²) < 4.78 is 5.89. The Balaban J connectivity index is 3.17. The predicted molar refractivity (Wildman–Crippen MR) is 69.7 cm³/mol. The van der Waals surface area contributed by atoms with Gasteiger partial charge in [-0.1, -0.05) is 22.9 Å². The number of methoxy groups -OCH3 is 1. The molecule has 0 aromatic heterocycles. The summed E-state index contributed by atoms with van der Waals surface area (Å²) in [4.78, 5) is 23.6. The summed E-state index contributed by atoms with van der Waals surface area (Å²) in [6.45, 7) is 3.65. The third kappa shape index (κ3) is 3.16. The number of carbonyl (C=O) groups is 2. The van der Waals surface area contributed by atoms with Gasteiger partial charge in [0.05, 0.1) is 7.11 Å². The number of rotatable bonds is 5. The summed E-state index contributed by atoms with van der Waals surface area (Å²) in [5.74, 6) is -0.188. The molecule has 3 nitrogen and oxygen atoms in total. The van der Waals surface area contributed by atoms with Crippen molar-refractivity contribution in [3.8, 4) is 5.75 Å². The quantitative estimate of drug-likeness (QED) is 0.619. The molecule has 0 heterocycles. The molecule has 0 bridgehead atoms. The van der Waals surface area contributed by atoms with Gasteiger partial charge in [0.2, 0.25) is 11.6 Å². The monoisotopic (exact) mass is 298 g/mol. The van der Waals surface area contributed by atoms with Gasteiger partial charge in [-0.3, -0.25) is 9.59 Å². The van der Waals surface area contributed by atoms with Crippen molar-refractivity contribution in [2.24, 2.45) is 0 Å². The topological polar surface area (TPSA) is 43.4 Å². The first-order chi connectivity index (χ1) is 8.01. The molecule has 0 saturated carbocycles. The van der Waals surface area contributed by atoms with Crippen LogP contribution in [0.4, 0.5) is 0 Å². The Bertz CT molecular complexity index is 452. The van der Waals surface area contributed by atoms with Gasteiger partial charge in [-0.2, -0.15) is 0 Å². The number of carbonyl (C=O) groups excluding carboxylic acids is 2. The average molecular weight is 299 g/mol. The molecule has 0 fully saturated rings. The zero-order valence-electron chi connectivity index (χ0n) is 10.2. The minimum atomic E-state index is -0.441. The zero-order chi connectivity index (χ0) is 13.0. The van der Waals surface area contributed by atoms with Gasteiger partial charge in [0.1, 0.15) is 5.75 Å². The van der Waals surface area contributed by atoms with Crippen molar-refractivity contribution in [2.45, 2.75) is 26.7 Å². The summed E-state index contributed by atoms with van der Waals surface area (Å²) in [6, 6.07) is 3.43. The molecule has 0 saturated heterocycles. The first-order valence-electron chi connectivity index (χ1n) is 5.42. The zero-order valence-corrected chi connectivity index (χ0v) is 11.8. The van der Waals surface area contributed by atoms with Crippen molar-refractivity contribution >= 4 is 27.5 Å².